The van der Waals surface area contributed by atoms with Crippen molar-refractivity contribution in [2.75, 3.05) is 11.9 Å². The van der Waals surface area contributed by atoms with Crippen LogP contribution in [-0.2, 0) is 4.74 Å². The summed E-state index contributed by atoms with van der Waals surface area (Å²) in [6, 6.07) is 10.1. The van der Waals surface area contributed by atoms with Crippen molar-refractivity contribution in [1.29, 1.82) is 0 Å². The highest BCUT2D eigenvalue weighted by atomic mass is 16.5. The van der Waals surface area contributed by atoms with Gasteiger partial charge in [-0.05, 0) is 64.1 Å². The van der Waals surface area contributed by atoms with Gasteiger partial charge in [-0.1, -0.05) is 0 Å². The number of aromatic nitrogens is 2. The number of esters is 1. The summed E-state index contributed by atoms with van der Waals surface area (Å²) in [6.45, 7) is 7.79. The maximum Gasteiger partial charge on any atom is 0.338 e. The summed E-state index contributed by atoms with van der Waals surface area (Å²) >= 11 is 0. The minimum absolute atomic E-state index is 0.248. The zero-order valence-electron chi connectivity index (χ0n) is 14.8. The van der Waals surface area contributed by atoms with Crippen LogP contribution in [0.3, 0.4) is 0 Å². The van der Waals surface area contributed by atoms with E-state index in [-0.39, 0.29) is 23.1 Å². The Morgan fingerprint density at radius 2 is 1.72 bits per heavy atom. The number of hydrogen-bond acceptors (Lipinski definition) is 6. The van der Waals surface area contributed by atoms with Crippen molar-refractivity contribution >= 4 is 23.4 Å². The molecule has 0 spiro atoms. The molecule has 2 N–H and O–H groups in total. The van der Waals surface area contributed by atoms with E-state index in [1.807, 2.05) is 20.8 Å². The molecule has 0 unspecified atom stereocenters. The average molecular weight is 342 g/mol. The summed E-state index contributed by atoms with van der Waals surface area (Å²) < 4.78 is 4.94. The fourth-order valence-corrected chi connectivity index (χ4v) is 1.98. The molecule has 2 aromatic rings. The third kappa shape index (κ3) is 5.56. The second-order valence-electron chi connectivity index (χ2n) is 6.43. The van der Waals surface area contributed by atoms with Crippen LogP contribution in [0.4, 0.5) is 11.5 Å². The maximum atomic E-state index is 12.0. The highest BCUT2D eigenvalue weighted by Crippen LogP contribution is 2.15. The summed E-state index contributed by atoms with van der Waals surface area (Å²) in [6.07, 6.45) is 0. The highest BCUT2D eigenvalue weighted by Gasteiger charge is 2.16. The van der Waals surface area contributed by atoms with Gasteiger partial charge >= 0.3 is 5.97 Å². The number of nitrogens with one attached hydrogen (secondary N) is 2. The Kier molecular flexibility index (Phi) is 5.69. The monoisotopic (exact) mass is 342 g/mol. The van der Waals surface area contributed by atoms with Gasteiger partial charge in [-0.15, -0.1) is 10.2 Å². The van der Waals surface area contributed by atoms with E-state index in [4.69, 9.17) is 4.74 Å². The van der Waals surface area contributed by atoms with Gasteiger partial charge in [-0.2, -0.15) is 0 Å². The SMILES string of the molecule is CCOC(=O)c1ccc(Nc2ccc(C(=O)NC(C)(C)C)nn2)cc1. The van der Waals surface area contributed by atoms with Gasteiger partial charge < -0.3 is 15.4 Å². The van der Waals surface area contributed by atoms with Gasteiger partial charge in [-0.25, -0.2) is 4.79 Å². The molecule has 0 aliphatic rings. The zero-order valence-corrected chi connectivity index (χ0v) is 14.8. The second kappa shape index (κ2) is 7.74. The standard InChI is InChI=1S/C18H22N4O3/c1-5-25-17(24)12-6-8-13(9-7-12)19-15-11-10-14(21-22-15)16(23)20-18(2,3)4/h6-11H,5H2,1-4H3,(H,19,22)(H,20,23). The molecule has 0 radical (unpaired) electrons. The van der Waals surface area contributed by atoms with Crippen LogP contribution in [0.1, 0.15) is 48.5 Å². The van der Waals surface area contributed by atoms with Crippen LogP contribution in [-0.4, -0.2) is 34.2 Å². The van der Waals surface area contributed by atoms with Gasteiger partial charge in [0.05, 0.1) is 12.2 Å². The van der Waals surface area contributed by atoms with Gasteiger partial charge in [-0.3, -0.25) is 4.79 Å². The van der Waals surface area contributed by atoms with Crippen LogP contribution in [0.2, 0.25) is 0 Å². The van der Waals surface area contributed by atoms with Crippen molar-refractivity contribution in [2.45, 2.75) is 33.2 Å². The predicted octanol–water partition coefficient (Wildman–Crippen LogP) is 2.93. The van der Waals surface area contributed by atoms with Crippen molar-refractivity contribution in [1.82, 2.24) is 15.5 Å². The van der Waals surface area contributed by atoms with Crippen LogP contribution in [0, 0.1) is 0 Å². The first-order chi connectivity index (χ1) is 11.8. The number of hydrogen-bond donors (Lipinski definition) is 2. The molecule has 0 saturated carbocycles. The summed E-state index contributed by atoms with van der Waals surface area (Å²) in [5.41, 5.74) is 1.14. The van der Waals surface area contributed by atoms with E-state index in [1.54, 1.807) is 43.3 Å². The smallest absolute Gasteiger partial charge is 0.338 e. The van der Waals surface area contributed by atoms with E-state index in [0.717, 1.165) is 5.69 Å². The summed E-state index contributed by atoms with van der Waals surface area (Å²) in [7, 11) is 0. The van der Waals surface area contributed by atoms with Gasteiger partial charge in [0, 0.05) is 11.2 Å². The number of carbonyl (C=O) groups excluding carboxylic acids is 2. The van der Waals surface area contributed by atoms with Crippen LogP contribution < -0.4 is 10.6 Å². The van der Waals surface area contributed by atoms with Gasteiger partial charge in [0.1, 0.15) is 0 Å². The first-order valence-electron chi connectivity index (χ1n) is 7.99. The summed E-state index contributed by atoms with van der Waals surface area (Å²) in [5.74, 6) is -0.135. The number of amides is 1. The Labute approximate surface area is 146 Å². The van der Waals surface area contributed by atoms with Crippen LogP contribution >= 0.6 is 0 Å². The van der Waals surface area contributed by atoms with E-state index >= 15 is 0 Å². The quantitative estimate of drug-likeness (QED) is 0.812. The van der Waals surface area contributed by atoms with Crippen molar-refractivity contribution in [3.63, 3.8) is 0 Å². The lowest BCUT2D eigenvalue weighted by molar-refractivity contribution is 0.0526. The van der Waals surface area contributed by atoms with Gasteiger partial charge in [0.25, 0.3) is 5.91 Å². The number of rotatable bonds is 5. The molecule has 1 amide bonds. The van der Waals surface area contributed by atoms with E-state index < -0.39 is 0 Å². The number of nitrogens with zero attached hydrogens (tertiary/aromatic N) is 2. The van der Waals surface area contributed by atoms with E-state index in [9.17, 15) is 9.59 Å². The Bertz CT molecular complexity index is 734. The number of carbonyl (C=O) groups is 2. The molecule has 0 aliphatic heterocycles. The fourth-order valence-electron chi connectivity index (χ4n) is 1.98. The maximum absolute atomic E-state index is 12.0. The number of anilines is 2. The third-order valence-corrected chi connectivity index (χ3v) is 3.05. The minimum Gasteiger partial charge on any atom is -0.462 e. The van der Waals surface area contributed by atoms with Crippen molar-refractivity contribution < 1.29 is 14.3 Å². The molecule has 25 heavy (non-hydrogen) atoms. The van der Waals surface area contributed by atoms with E-state index in [0.29, 0.717) is 18.0 Å². The van der Waals surface area contributed by atoms with Gasteiger partial charge in [0.2, 0.25) is 0 Å². The molecule has 7 heteroatoms. The molecule has 0 fully saturated rings. The average Bonchev–Trinajstić information content (AvgIpc) is 2.55. The Hall–Kier alpha value is -2.96. The molecule has 0 saturated heterocycles. The Morgan fingerprint density at radius 1 is 1.04 bits per heavy atom. The lowest BCUT2D eigenvalue weighted by atomic mass is 10.1. The summed E-state index contributed by atoms with van der Waals surface area (Å²) in [5, 5.41) is 13.8. The predicted molar refractivity (Wildman–Crippen MR) is 94.9 cm³/mol. The molecule has 0 bridgehead atoms. The third-order valence-electron chi connectivity index (χ3n) is 3.05. The lowest BCUT2D eigenvalue weighted by Gasteiger charge is -2.19. The topological polar surface area (TPSA) is 93.2 Å². The molecule has 1 aromatic carbocycles. The number of benzene rings is 1. The lowest BCUT2D eigenvalue weighted by Crippen LogP contribution is -2.41. The molecule has 1 aromatic heterocycles. The first-order valence-corrected chi connectivity index (χ1v) is 7.99. The van der Waals surface area contributed by atoms with Crippen molar-refractivity contribution in [2.24, 2.45) is 0 Å². The fraction of sp³-hybridized carbons (Fsp3) is 0.333. The summed E-state index contributed by atoms with van der Waals surface area (Å²) in [4.78, 5) is 23.6. The van der Waals surface area contributed by atoms with E-state index in [1.165, 1.54) is 0 Å². The van der Waals surface area contributed by atoms with Gasteiger partial charge in [0.15, 0.2) is 11.5 Å². The Balaban J connectivity index is 2.01. The Morgan fingerprint density at radius 3 is 2.24 bits per heavy atom. The first kappa shape index (κ1) is 18.4. The van der Waals surface area contributed by atoms with Crippen LogP contribution in [0.15, 0.2) is 36.4 Å². The zero-order chi connectivity index (χ0) is 18.4. The molecule has 132 valence electrons. The largest absolute Gasteiger partial charge is 0.462 e. The van der Waals surface area contributed by atoms with Crippen molar-refractivity contribution in [3.05, 3.63) is 47.7 Å². The normalized spacial score (nSPS) is 10.9. The van der Waals surface area contributed by atoms with Crippen LogP contribution in [0.25, 0.3) is 0 Å². The molecule has 0 aliphatic carbocycles. The highest BCUT2D eigenvalue weighted by molar-refractivity contribution is 5.92. The molecule has 1 heterocycles. The molecule has 2 rings (SSSR count). The minimum atomic E-state index is -0.358. The van der Waals surface area contributed by atoms with E-state index in [2.05, 4.69) is 20.8 Å². The molecular formula is C18H22N4O3. The van der Waals surface area contributed by atoms with Crippen LogP contribution in [0.5, 0.6) is 0 Å². The second-order valence-corrected chi connectivity index (χ2v) is 6.43. The number of ether oxygens (including phenoxy) is 1. The van der Waals surface area contributed by atoms with Crippen molar-refractivity contribution in [3.8, 4) is 0 Å². The molecular weight excluding hydrogens is 320 g/mol. The molecule has 0 atom stereocenters. The molecule has 7 nitrogen and oxygen atoms in total.